The number of benzene rings is 2. The number of anilines is 2. The van der Waals surface area contributed by atoms with E-state index in [2.05, 4.69) is 25.7 Å². The summed E-state index contributed by atoms with van der Waals surface area (Å²) in [7, 11) is 1.65. The Hall–Kier alpha value is -3.61. The zero-order valence-electron chi connectivity index (χ0n) is 13.4. The molecule has 0 spiro atoms. The first-order valence-corrected chi connectivity index (χ1v) is 7.83. The predicted molar refractivity (Wildman–Crippen MR) is 97.3 cm³/mol. The zero-order chi connectivity index (χ0) is 16.8. The lowest BCUT2D eigenvalue weighted by Crippen LogP contribution is -1.97. The first kappa shape index (κ1) is 13.8. The van der Waals surface area contributed by atoms with E-state index in [-0.39, 0.29) is 0 Å². The van der Waals surface area contributed by atoms with E-state index in [0.717, 1.165) is 44.1 Å². The predicted octanol–water partition coefficient (Wildman–Crippen LogP) is 3.74. The third-order valence-electron chi connectivity index (χ3n) is 4.31. The first-order valence-electron chi connectivity index (χ1n) is 7.83. The minimum Gasteiger partial charge on any atom is -0.494 e. The smallest absolute Gasteiger partial charge is 0.157 e. The molecule has 0 unspecified atom stereocenters. The quantitative estimate of drug-likeness (QED) is 0.469. The lowest BCUT2D eigenvalue weighted by molar-refractivity contribution is 0.419. The topological polar surface area (TPSA) is 91.5 Å². The van der Waals surface area contributed by atoms with Crippen molar-refractivity contribution in [1.29, 1.82) is 0 Å². The van der Waals surface area contributed by atoms with Crippen molar-refractivity contribution in [2.75, 3.05) is 12.4 Å². The molecule has 0 aliphatic rings. The van der Waals surface area contributed by atoms with Crippen molar-refractivity contribution in [2.45, 2.75) is 0 Å². The molecule has 0 bridgehead atoms. The van der Waals surface area contributed by atoms with Crippen molar-refractivity contribution in [1.82, 2.24) is 25.4 Å². The van der Waals surface area contributed by atoms with E-state index in [1.165, 1.54) is 0 Å². The Balaban J connectivity index is 1.72. The third kappa shape index (κ3) is 2.09. The minimum absolute atomic E-state index is 0.698. The van der Waals surface area contributed by atoms with Crippen LogP contribution in [0.5, 0.6) is 5.75 Å². The Morgan fingerprint density at radius 3 is 2.84 bits per heavy atom. The summed E-state index contributed by atoms with van der Waals surface area (Å²) in [6, 6.07) is 11.9. The minimum atomic E-state index is 0.698. The number of para-hydroxylation sites is 1. The molecular formula is C18H14N6O. The fraction of sp³-hybridized carbons (Fsp3) is 0.0556. The summed E-state index contributed by atoms with van der Waals surface area (Å²) in [6.45, 7) is 0. The van der Waals surface area contributed by atoms with Gasteiger partial charge in [0.2, 0.25) is 0 Å². The monoisotopic (exact) mass is 330 g/mol. The highest BCUT2D eigenvalue weighted by Gasteiger charge is 2.13. The van der Waals surface area contributed by atoms with Gasteiger partial charge in [0.25, 0.3) is 0 Å². The van der Waals surface area contributed by atoms with Crippen LogP contribution >= 0.6 is 0 Å². The van der Waals surface area contributed by atoms with Crippen LogP contribution in [0.15, 0.2) is 48.8 Å². The van der Waals surface area contributed by atoms with Crippen LogP contribution in [0.4, 0.5) is 11.5 Å². The van der Waals surface area contributed by atoms with Gasteiger partial charge in [-0.15, -0.1) is 0 Å². The molecule has 0 aliphatic heterocycles. The molecule has 7 heteroatoms. The van der Waals surface area contributed by atoms with E-state index in [4.69, 9.17) is 9.72 Å². The SMILES string of the molecule is COc1cccc2c1nc(Nc1ccc3cn[nH]c3c1)c1[nH]ncc12. The zero-order valence-corrected chi connectivity index (χ0v) is 13.4. The van der Waals surface area contributed by atoms with E-state index in [1.54, 1.807) is 13.3 Å². The van der Waals surface area contributed by atoms with Crippen LogP contribution in [0.25, 0.3) is 32.7 Å². The molecule has 5 aromatic rings. The summed E-state index contributed by atoms with van der Waals surface area (Å²) in [5.41, 5.74) is 3.52. The summed E-state index contributed by atoms with van der Waals surface area (Å²) >= 11 is 0. The highest BCUT2D eigenvalue weighted by Crippen LogP contribution is 2.33. The van der Waals surface area contributed by atoms with E-state index in [1.807, 2.05) is 42.6 Å². The molecule has 5 rings (SSSR count). The van der Waals surface area contributed by atoms with Crippen LogP contribution in [0.3, 0.4) is 0 Å². The molecule has 25 heavy (non-hydrogen) atoms. The van der Waals surface area contributed by atoms with Gasteiger partial charge in [-0.05, 0) is 24.3 Å². The van der Waals surface area contributed by atoms with Gasteiger partial charge in [0.15, 0.2) is 5.82 Å². The normalized spacial score (nSPS) is 11.4. The molecule has 0 atom stereocenters. The lowest BCUT2D eigenvalue weighted by atomic mass is 10.1. The largest absolute Gasteiger partial charge is 0.494 e. The highest BCUT2D eigenvalue weighted by molar-refractivity contribution is 6.10. The maximum Gasteiger partial charge on any atom is 0.157 e. The molecule has 0 amide bonds. The van der Waals surface area contributed by atoms with Gasteiger partial charge < -0.3 is 10.1 Å². The second kappa shape index (κ2) is 5.20. The summed E-state index contributed by atoms with van der Waals surface area (Å²) in [4.78, 5) is 4.78. The number of methoxy groups -OCH3 is 1. The molecule has 122 valence electrons. The van der Waals surface area contributed by atoms with E-state index in [0.29, 0.717) is 5.82 Å². The van der Waals surface area contributed by atoms with Crippen molar-refractivity contribution >= 4 is 44.2 Å². The fourth-order valence-corrected chi connectivity index (χ4v) is 3.10. The number of aromatic nitrogens is 5. The molecule has 3 heterocycles. The van der Waals surface area contributed by atoms with Gasteiger partial charge in [-0.2, -0.15) is 10.2 Å². The molecule has 3 aromatic heterocycles. The summed E-state index contributed by atoms with van der Waals surface area (Å²) < 4.78 is 5.47. The lowest BCUT2D eigenvalue weighted by Gasteiger charge is -2.11. The van der Waals surface area contributed by atoms with Crippen LogP contribution in [0.2, 0.25) is 0 Å². The molecular weight excluding hydrogens is 316 g/mol. The number of aromatic amines is 2. The van der Waals surface area contributed by atoms with Crippen LogP contribution < -0.4 is 10.1 Å². The van der Waals surface area contributed by atoms with Gasteiger partial charge in [0.1, 0.15) is 16.8 Å². The summed E-state index contributed by atoms with van der Waals surface area (Å²) in [5.74, 6) is 1.43. The van der Waals surface area contributed by atoms with Gasteiger partial charge >= 0.3 is 0 Å². The van der Waals surface area contributed by atoms with E-state index < -0.39 is 0 Å². The number of rotatable bonds is 3. The van der Waals surface area contributed by atoms with Crippen molar-refractivity contribution in [2.24, 2.45) is 0 Å². The Morgan fingerprint density at radius 2 is 1.92 bits per heavy atom. The number of nitrogens with zero attached hydrogens (tertiary/aromatic N) is 3. The maximum absolute atomic E-state index is 5.47. The Morgan fingerprint density at radius 1 is 1.00 bits per heavy atom. The highest BCUT2D eigenvalue weighted by atomic mass is 16.5. The van der Waals surface area contributed by atoms with Crippen molar-refractivity contribution < 1.29 is 4.74 Å². The molecule has 2 aromatic carbocycles. The molecule has 0 radical (unpaired) electrons. The molecule has 0 saturated heterocycles. The summed E-state index contributed by atoms with van der Waals surface area (Å²) in [5, 5.41) is 20.7. The second-order valence-electron chi connectivity index (χ2n) is 5.77. The number of ether oxygens (including phenoxy) is 1. The van der Waals surface area contributed by atoms with Gasteiger partial charge in [0, 0.05) is 21.8 Å². The van der Waals surface area contributed by atoms with Gasteiger partial charge in [-0.3, -0.25) is 10.2 Å². The van der Waals surface area contributed by atoms with Crippen LogP contribution in [-0.2, 0) is 0 Å². The van der Waals surface area contributed by atoms with Crippen molar-refractivity contribution in [3.63, 3.8) is 0 Å². The Kier molecular flexibility index (Phi) is 2.87. The van der Waals surface area contributed by atoms with Crippen molar-refractivity contribution in [3.05, 3.63) is 48.8 Å². The van der Waals surface area contributed by atoms with Gasteiger partial charge in [-0.1, -0.05) is 12.1 Å². The van der Waals surface area contributed by atoms with Gasteiger partial charge in [0.05, 0.1) is 25.0 Å². The first-order chi connectivity index (χ1) is 12.3. The number of nitrogens with one attached hydrogen (secondary N) is 3. The third-order valence-corrected chi connectivity index (χ3v) is 4.31. The number of H-pyrrole nitrogens is 2. The van der Waals surface area contributed by atoms with Crippen LogP contribution in [0, 0.1) is 0 Å². The van der Waals surface area contributed by atoms with Crippen LogP contribution in [-0.4, -0.2) is 32.5 Å². The average molecular weight is 330 g/mol. The van der Waals surface area contributed by atoms with E-state index >= 15 is 0 Å². The Labute approximate surface area is 142 Å². The average Bonchev–Trinajstić information content (AvgIpc) is 3.30. The fourth-order valence-electron chi connectivity index (χ4n) is 3.10. The standard InChI is InChI=1S/C18H14N6O/c1-25-15-4-2-3-12-13-9-20-24-17(13)18(22-16(12)15)21-11-6-5-10-8-19-23-14(10)7-11/h2-9H,1H3,(H,19,23)(H,20,24)(H,21,22). The van der Waals surface area contributed by atoms with E-state index in [9.17, 15) is 0 Å². The summed E-state index contributed by atoms with van der Waals surface area (Å²) in [6.07, 6.45) is 3.60. The second-order valence-corrected chi connectivity index (χ2v) is 5.77. The number of fused-ring (bicyclic) bond motifs is 4. The van der Waals surface area contributed by atoms with Gasteiger partial charge in [-0.25, -0.2) is 4.98 Å². The molecule has 0 aliphatic carbocycles. The number of hydrogen-bond acceptors (Lipinski definition) is 5. The number of hydrogen-bond donors (Lipinski definition) is 3. The molecule has 3 N–H and O–H groups in total. The molecule has 0 fully saturated rings. The molecule has 0 saturated carbocycles. The molecule has 7 nitrogen and oxygen atoms in total. The maximum atomic E-state index is 5.47. The number of pyridine rings is 1. The van der Waals surface area contributed by atoms with Crippen molar-refractivity contribution in [3.8, 4) is 5.75 Å². The Bertz CT molecular complexity index is 1220. The van der Waals surface area contributed by atoms with Crippen LogP contribution in [0.1, 0.15) is 0 Å².